The van der Waals surface area contributed by atoms with E-state index in [0.717, 1.165) is 10.6 Å². The Morgan fingerprint density at radius 2 is 2.18 bits per heavy atom. The largest absolute Gasteiger partial charge is 0.348 e. The fraction of sp³-hybridized carbons (Fsp3) is 0.167. The Morgan fingerprint density at radius 1 is 1.41 bits per heavy atom. The molecule has 0 saturated carbocycles. The first-order valence-electron chi connectivity index (χ1n) is 5.24. The lowest BCUT2D eigenvalue weighted by Crippen LogP contribution is -2.33. The fourth-order valence-corrected chi connectivity index (χ4v) is 1.98. The number of nitrogens with two attached hydrogens (primary N) is 1. The van der Waals surface area contributed by atoms with Crippen LogP contribution in [0.2, 0.25) is 0 Å². The summed E-state index contributed by atoms with van der Waals surface area (Å²) in [7, 11) is 0. The third-order valence-corrected chi connectivity index (χ3v) is 3.12. The topological polar surface area (TPSA) is 68.0 Å². The molecule has 3 N–H and O–H groups in total. The van der Waals surface area contributed by atoms with Gasteiger partial charge >= 0.3 is 0 Å². The van der Waals surface area contributed by atoms with Crippen LogP contribution in [0, 0.1) is 0 Å². The number of benzene rings is 1. The maximum atomic E-state index is 11.8. The number of carbonyl (C=O) groups excluding carboxylic acids is 1. The van der Waals surface area contributed by atoms with Gasteiger partial charge in [-0.3, -0.25) is 4.79 Å². The number of rotatable bonds is 4. The molecule has 5 heteroatoms. The fourth-order valence-electron chi connectivity index (χ4n) is 1.42. The van der Waals surface area contributed by atoms with Gasteiger partial charge in [-0.15, -0.1) is 11.3 Å². The minimum Gasteiger partial charge on any atom is -0.348 e. The molecular formula is C12H13N3OS. The molecule has 0 aliphatic carbocycles. The Morgan fingerprint density at radius 3 is 2.82 bits per heavy atom. The molecule has 17 heavy (non-hydrogen) atoms. The molecule has 0 aliphatic heterocycles. The summed E-state index contributed by atoms with van der Waals surface area (Å²) < 4.78 is 0. The highest BCUT2D eigenvalue weighted by Crippen LogP contribution is 2.10. The highest BCUT2D eigenvalue weighted by Gasteiger charge is 2.14. The number of amides is 1. The molecule has 1 atom stereocenters. The summed E-state index contributed by atoms with van der Waals surface area (Å²) in [5.74, 6) is -0.189. The van der Waals surface area contributed by atoms with Crippen molar-refractivity contribution in [2.45, 2.75) is 12.6 Å². The summed E-state index contributed by atoms with van der Waals surface area (Å²) in [6, 6.07) is 8.67. The average molecular weight is 247 g/mol. The Hall–Kier alpha value is -1.72. The second-order valence-electron chi connectivity index (χ2n) is 3.53. The van der Waals surface area contributed by atoms with E-state index >= 15 is 0 Å². The van der Waals surface area contributed by atoms with Gasteiger partial charge in [0.15, 0.2) is 0 Å². The zero-order chi connectivity index (χ0) is 12.1. The van der Waals surface area contributed by atoms with E-state index in [2.05, 4.69) is 10.3 Å². The number of aromatic nitrogens is 1. The first kappa shape index (κ1) is 11.8. The maximum absolute atomic E-state index is 11.8. The van der Waals surface area contributed by atoms with Gasteiger partial charge in [0.25, 0.3) is 0 Å². The Balaban J connectivity index is 1.92. The van der Waals surface area contributed by atoms with E-state index in [9.17, 15) is 4.79 Å². The summed E-state index contributed by atoms with van der Waals surface area (Å²) in [6.07, 6.45) is 1.71. The van der Waals surface area contributed by atoms with Gasteiger partial charge in [0.2, 0.25) is 5.91 Å². The van der Waals surface area contributed by atoms with Gasteiger partial charge in [-0.2, -0.15) is 0 Å². The Labute approximate surface area is 103 Å². The van der Waals surface area contributed by atoms with Crippen molar-refractivity contribution in [2.24, 2.45) is 5.73 Å². The lowest BCUT2D eigenvalue weighted by Gasteiger charge is -2.11. The summed E-state index contributed by atoms with van der Waals surface area (Å²) in [5, 5.41) is 5.51. The maximum Gasteiger partial charge on any atom is 0.241 e. The van der Waals surface area contributed by atoms with Gasteiger partial charge in [0.05, 0.1) is 6.54 Å². The van der Waals surface area contributed by atoms with E-state index in [1.807, 2.05) is 35.7 Å². The number of hydrogen-bond acceptors (Lipinski definition) is 4. The Kier molecular flexibility index (Phi) is 3.85. The van der Waals surface area contributed by atoms with Gasteiger partial charge in [0, 0.05) is 11.6 Å². The first-order chi connectivity index (χ1) is 8.27. The quantitative estimate of drug-likeness (QED) is 0.859. The van der Waals surface area contributed by atoms with Gasteiger partial charge < -0.3 is 11.1 Å². The minimum atomic E-state index is -0.629. The smallest absolute Gasteiger partial charge is 0.241 e. The van der Waals surface area contributed by atoms with Crippen molar-refractivity contribution in [2.75, 3.05) is 0 Å². The molecule has 0 saturated heterocycles. The second-order valence-corrected chi connectivity index (χ2v) is 4.51. The highest BCUT2D eigenvalue weighted by molar-refractivity contribution is 7.09. The van der Waals surface area contributed by atoms with Crippen molar-refractivity contribution in [1.82, 2.24) is 10.3 Å². The molecule has 2 aromatic rings. The van der Waals surface area contributed by atoms with E-state index in [1.54, 1.807) is 6.20 Å². The number of nitrogens with zero attached hydrogens (tertiary/aromatic N) is 1. The molecule has 88 valence electrons. The van der Waals surface area contributed by atoms with E-state index in [-0.39, 0.29) is 5.91 Å². The molecule has 1 heterocycles. The van der Waals surface area contributed by atoms with Crippen molar-refractivity contribution in [1.29, 1.82) is 0 Å². The van der Waals surface area contributed by atoms with Gasteiger partial charge in [-0.05, 0) is 5.56 Å². The van der Waals surface area contributed by atoms with Crippen LogP contribution in [0.1, 0.15) is 16.6 Å². The number of thiazole rings is 1. The van der Waals surface area contributed by atoms with Crippen LogP contribution in [0.15, 0.2) is 41.9 Å². The van der Waals surface area contributed by atoms with Crippen LogP contribution in [0.4, 0.5) is 0 Å². The van der Waals surface area contributed by atoms with Crippen molar-refractivity contribution < 1.29 is 4.79 Å². The summed E-state index contributed by atoms with van der Waals surface area (Å²) in [4.78, 5) is 15.9. The minimum absolute atomic E-state index is 0.189. The van der Waals surface area contributed by atoms with Crippen molar-refractivity contribution in [3.05, 3.63) is 52.5 Å². The zero-order valence-corrected chi connectivity index (χ0v) is 9.98. The summed E-state index contributed by atoms with van der Waals surface area (Å²) >= 11 is 1.51. The molecule has 4 nitrogen and oxygen atoms in total. The Bertz CT molecular complexity index is 470. The van der Waals surface area contributed by atoms with Crippen LogP contribution in [0.5, 0.6) is 0 Å². The summed E-state index contributed by atoms with van der Waals surface area (Å²) in [5.41, 5.74) is 6.66. The molecule has 0 radical (unpaired) electrons. The third kappa shape index (κ3) is 3.12. The van der Waals surface area contributed by atoms with Crippen LogP contribution >= 0.6 is 11.3 Å². The van der Waals surface area contributed by atoms with Gasteiger partial charge in [0.1, 0.15) is 11.0 Å². The van der Waals surface area contributed by atoms with Gasteiger partial charge in [-0.1, -0.05) is 30.3 Å². The van der Waals surface area contributed by atoms with E-state index in [0.29, 0.717) is 6.54 Å². The monoisotopic (exact) mass is 247 g/mol. The lowest BCUT2D eigenvalue weighted by molar-refractivity contribution is -0.122. The number of hydrogen-bond donors (Lipinski definition) is 2. The third-order valence-electron chi connectivity index (χ3n) is 2.34. The van der Waals surface area contributed by atoms with Crippen molar-refractivity contribution in [3.63, 3.8) is 0 Å². The zero-order valence-electron chi connectivity index (χ0n) is 9.17. The lowest BCUT2D eigenvalue weighted by atomic mass is 10.1. The van der Waals surface area contributed by atoms with Crippen LogP contribution in [-0.4, -0.2) is 10.9 Å². The van der Waals surface area contributed by atoms with Crippen LogP contribution in [0.3, 0.4) is 0 Å². The number of carbonyl (C=O) groups is 1. The van der Waals surface area contributed by atoms with E-state index < -0.39 is 6.04 Å². The molecule has 1 aromatic carbocycles. The predicted molar refractivity (Wildman–Crippen MR) is 67.3 cm³/mol. The standard InChI is InChI=1S/C12H13N3OS/c13-11(9-4-2-1-3-5-9)12(16)15-8-10-14-6-7-17-10/h1-7,11H,8,13H2,(H,15,16)/t11-/m1/s1. The average Bonchev–Trinajstić information content (AvgIpc) is 2.89. The molecule has 0 unspecified atom stereocenters. The SMILES string of the molecule is N[C@@H](C(=O)NCc1nccs1)c1ccccc1. The molecule has 0 aliphatic rings. The molecule has 0 spiro atoms. The molecular weight excluding hydrogens is 234 g/mol. The van der Waals surface area contributed by atoms with E-state index in [1.165, 1.54) is 11.3 Å². The molecule has 0 fully saturated rings. The molecule has 1 aromatic heterocycles. The normalized spacial score (nSPS) is 12.1. The highest BCUT2D eigenvalue weighted by atomic mass is 32.1. The summed E-state index contributed by atoms with van der Waals surface area (Å²) in [6.45, 7) is 0.428. The van der Waals surface area contributed by atoms with Crippen molar-refractivity contribution >= 4 is 17.2 Å². The number of nitrogens with one attached hydrogen (secondary N) is 1. The van der Waals surface area contributed by atoms with Crippen LogP contribution in [0.25, 0.3) is 0 Å². The molecule has 1 amide bonds. The van der Waals surface area contributed by atoms with Crippen LogP contribution < -0.4 is 11.1 Å². The second kappa shape index (κ2) is 5.56. The predicted octanol–water partition coefficient (Wildman–Crippen LogP) is 1.46. The van der Waals surface area contributed by atoms with Crippen molar-refractivity contribution in [3.8, 4) is 0 Å². The van der Waals surface area contributed by atoms with Gasteiger partial charge in [-0.25, -0.2) is 4.98 Å². The molecule has 2 rings (SSSR count). The van der Waals surface area contributed by atoms with E-state index in [4.69, 9.17) is 5.73 Å². The van der Waals surface area contributed by atoms with Crippen LogP contribution in [-0.2, 0) is 11.3 Å². The molecule has 0 bridgehead atoms. The first-order valence-corrected chi connectivity index (χ1v) is 6.12.